The summed E-state index contributed by atoms with van der Waals surface area (Å²) in [7, 11) is 0. The summed E-state index contributed by atoms with van der Waals surface area (Å²) in [6, 6.07) is 7.41. The van der Waals surface area contributed by atoms with Gasteiger partial charge in [0.05, 0.1) is 14.8 Å². The number of halogens is 4. The van der Waals surface area contributed by atoms with Gasteiger partial charge in [-0.15, -0.1) is 60.0 Å². The first-order valence-electron chi connectivity index (χ1n) is 7.11. The number of rotatable bonds is 5. The predicted octanol–water partition coefficient (Wildman–Crippen LogP) is 5.86. The van der Waals surface area contributed by atoms with Gasteiger partial charge in [0.15, 0.2) is 0 Å². The number of amidine groups is 1. The summed E-state index contributed by atoms with van der Waals surface area (Å²) >= 11 is 4.41. The summed E-state index contributed by atoms with van der Waals surface area (Å²) in [5.41, 5.74) is 7.81. The van der Waals surface area contributed by atoms with Crippen LogP contribution in [0.4, 0.5) is 13.2 Å². The van der Waals surface area contributed by atoms with Gasteiger partial charge in [0.2, 0.25) is 0 Å². The molecule has 0 aliphatic rings. The van der Waals surface area contributed by atoms with Gasteiger partial charge in [-0.05, 0) is 36.6 Å². The van der Waals surface area contributed by atoms with Crippen LogP contribution in [0.25, 0.3) is 21.8 Å². The third-order valence-corrected chi connectivity index (χ3v) is 6.45. The lowest BCUT2D eigenvalue weighted by Gasteiger charge is -2.08. The van der Waals surface area contributed by atoms with Gasteiger partial charge in [-0.2, -0.15) is 0 Å². The van der Waals surface area contributed by atoms with Crippen LogP contribution in [-0.2, 0) is 0 Å². The summed E-state index contributed by atoms with van der Waals surface area (Å²) in [6.07, 6.45) is -2.77. The minimum absolute atomic E-state index is 0. The Hall–Kier alpha value is -1.75. The van der Waals surface area contributed by atoms with Crippen molar-refractivity contribution in [1.82, 2.24) is 4.98 Å². The first kappa shape index (κ1) is 21.5. The second kappa shape index (κ2) is 8.51. The van der Waals surface area contributed by atoms with E-state index in [1.807, 2.05) is 17.7 Å². The molecule has 0 unspecified atom stereocenters. The van der Waals surface area contributed by atoms with Crippen molar-refractivity contribution in [2.24, 2.45) is 5.73 Å². The summed E-state index contributed by atoms with van der Waals surface area (Å²) in [5, 5.41) is 10.2. The van der Waals surface area contributed by atoms with Gasteiger partial charge in [-0.25, -0.2) is 4.98 Å². The highest BCUT2D eigenvalue weighted by Gasteiger charge is 2.31. The first-order chi connectivity index (χ1) is 12.3. The number of nitrogen functional groups attached to an aromatic ring is 1. The number of hydrogen-bond acceptors (Lipinski definition) is 6. The largest absolute Gasteiger partial charge is 0.573 e. The second-order valence-corrected chi connectivity index (χ2v) is 8.02. The summed E-state index contributed by atoms with van der Waals surface area (Å²) < 4.78 is 41.6. The molecule has 3 aromatic rings. The molecule has 3 N–H and O–H groups in total. The van der Waals surface area contributed by atoms with E-state index >= 15 is 0 Å². The molecule has 11 heteroatoms. The number of nitrogens with zero attached hydrogens (tertiary/aromatic N) is 1. The van der Waals surface area contributed by atoms with Crippen LogP contribution in [0.3, 0.4) is 0 Å². The Morgan fingerprint density at radius 3 is 2.48 bits per heavy atom. The third kappa shape index (κ3) is 5.16. The van der Waals surface area contributed by atoms with Gasteiger partial charge in [0, 0.05) is 16.5 Å². The smallest absolute Gasteiger partial charge is 0.406 e. The topological polar surface area (TPSA) is 72.0 Å². The Labute approximate surface area is 171 Å². The van der Waals surface area contributed by atoms with Gasteiger partial charge in [-0.1, -0.05) is 0 Å². The van der Waals surface area contributed by atoms with E-state index in [0.717, 1.165) is 14.8 Å². The molecule has 2 heterocycles. The number of thiophene rings is 1. The quantitative estimate of drug-likeness (QED) is 0.289. The fourth-order valence-corrected chi connectivity index (χ4v) is 4.88. The molecule has 4 nitrogen and oxygen atoms in total. The van der Waals surface area contributed by atoms with Crippen molar-refractivity contribution in [3.63, 3.8) is 0 Å². The summed E-state index contributed by atoms with van der Waals surface area (Å²) in [5.74, 6) is -0.265. The maximum absolute atomic E-state index is 12.2. The zero-order valence-corrected chi connectivity index (χ0v) is 16.9. The third-order valence-electron chi connectivity index (χ3n) is 3.27. The molecule has 0 bridgehead atoms. The van der Waals surface area contributed by atoms with Gasteiger partial charge in [0.1, 0.15) is 16.6 Å². The van der Waals surface area contributed by atoms with E-state index in [-0.39, 0.29) is 24.0 Å². The van der Waals surface area contributed by atoms with Gasteiger partial charge < -0.3 is 10.5 Å². The average Bonchev–Trinajstić information content (AvgIpc) is 3.20. The molecular formula is C16H13ClF3N3OS3. The Morgan fingerprint density at radius 2 is 1.93 bits per heavy atom. The number of aromatic nitrogens is 1. The number of ether oxygens (including phenoxy) is 1. The van der Waals surface area contributed by atoms with Crippen LogP contribution >= 0.6 is 46.8 Å². The van der Waals surface area contributed by atoms with Crippen molar-refractivity contribution in [2.75, 3.05) is 6.26 Å². The molecule has 27 heavy (non-hydrogen) atoms. The Balaban J connectivity index is 0.00000261. The monoisotopic (exact) mass is 451 g/mol. The maximum Gasteiger partial charge on any atom is 0.573 e. The van der Waals surface area contributed by atoms with E-state index in [9.17, 15) is 13.2 Å². The molecule has 0 aliphatic carbocycles. The van der Waals surface area contributed by atoms with Crippen molar-refractivity contribution >= 4 is 52.7 Å². The normalized spacial score (nSPS) is 11.1. The molecule has 144 valence electrons. The van der Waals surface area contributed by atoms with Crippen LogP contribution in [0.5, 0.6) is 5.75 Å². The van der Waals surface area contributed by atoms with Crippen molar-refractivity contribution in [2.45, 2.75) is 10.6 Å². The van der Waals surface area contributed by atoms with E-state index in [1.165, 1.54) is 46.9 Å². The standard InChI is InChI=1S/C16H12F3N3OS3.ClH/c1-24-15-10(6-12(26-15)13(20)21)14-22-11(7-25-14)8-2-4-9(5-3-8)23-16(17,18)19;/h2-7H,1H3,(H3,20,21);1H. The molecule has 0 saturated heterocycles. The molecule has 0 atom stereocenters. The lowest BCUT2D eigenvalue weighted by molar-refractivity contribution is -0.274. The molecule has 2 aromatic heterocycles. The highest BCUT2D eigenvalue weighted by atomic mass is 35.5. The van der Waals surface area contributed by atoms with Crippen molar-refractivity contribution < 1.29 is 17.9 Å². The number of hydrogen-bond donors (Lipinski definition) is 2. The van der Waals surface area contributed by atoms with Gasteiger partial charge in [0.25, 0.3) is 0 Å². The van der Waals surface area contributed by atoms with Crippen LogP contribution in [0.15, 0.2) is 39.9 Å². The zero-order valence-electron chi connectivity index (χ0n) is 13.7. The molecule has 0 amide bonds. The van der Waals surface area contributed by atoms with E-state index in [2.05, 4.69) is 9.72 Å². The minimum atomic E-state index is -4.71. The average molecular weight is 452 g/mol. The minimum Gasteiger partial charge on any atom is -0.406 e. The second-order valence-electron chi connectivity index (χ2n) is 5.04. The van der Waals surface area contributed by atoms with Crippen LogP contribution in [0, 0.1) is 5.41 Å². The van der Waals surface area contributed by atoms with Gasteiger partial charge >= 0.3 is 6.36 Å². The van der Waals surface area contributed by atoms with Crippen LogP contribution in [0.2, 0.25) is 0 Å². The zero-order chi connectivity index (χ0) is 18.9. The van der Waals surface area contributed by atoms with Gasteiger partial charge in [-0.3, -0.25) is 5.41 Å². The van der Waals surface area contributed by atoms with E-state index in [4.69, 9.17) is 11.1 Å². The molecular weight excluding hydrogens is 439 g/mol. The molecule has 0 spiro atoms. The highest BCUT2D eigenvalue weighted by Crippen LogP contribution is 2.40. The summed E-state index contributed by atoms with van der Waals surface area (Å²) in [6.45, 7) is 0. The lowest BCUT2D eigenvalue weighted by atomic mass is 10.2. The molecule has 3 rings (SSSR count). The van der Waals surface area contributed by atoms with Crippen LogP contribution in [-0.4, -0.2) is 23.4 Å². The van der Waals surface area contributed by atoms with E-state index in [1.54, 1.807) is 11.8 Å². The molecule has 0 saturated carbocycles. The van der Waals surface area contributed by atoms with Crippen molar-refractivity contribution in [3.05, 3.63) is 40.6 Å². The first-order valence-corrected chi connectivity index (χ1v) is 10.0. The number of alkyl halides is 3. The molecule has 0 radical (unpaired) electrons. The maximum atomic E-state index is 12.2. The Bertz CT molecular complexity index is 939. The fourth-order valence-electron chi connectivity index (χ4n) is 2.17. The SMILES string of the molecule is CSc1sc(C(=N)N)cc1-c1nc(-c2ccc(OC(F)(F)F)cc2)cs1.Cl. The molecule has 0 aliphatic heterocycles. The highest BCUT2D eigenvalue weighted by molar-refractivity contribution is 8.00. The van der Waals surface area contributed by atoms with E-state index in [0.29, 0.717) is 16.1 Å². The number of nitrogens with one attached hydrogen (secondary N) is 1. The molecule has 1 aromatic carbocycles. The van der Waals surface area contributed by atoms with Crippen molar-refractivity contribution in [1.29, 1.82) is 5.41 Å². The van der Waals surface area contributed by atoms with Crippen molar-refractivity contribution in [3.8, 4) is 27.6 Å². The number of thiazole rings is 1. The summed E-state index contributed by atoms with van der Waals surface area (Å²) in [4.78, 5) is 5.25. The number of thioether (sulfide) groups is 1. The molecule has 0 fully saturated rings. The fraction of sp³-hybridized carbons (Fsp3) is 0.125. The Morgan fingerprint density at radius 1 is 1.26 bits per heavy atom. The number of benzene rings is 1. The van der Waals surface area contributed by atoms with Crippen LogP contribution < -0.4 is 10.5 Å². The predicted molar refractivity (Wildman–Crippen MR) is 108 cm³/mol. The van der Waals surface area contributed by atoms with Crippen LogP contribution in [0.1, 0.15) is 4.88 Å². The van der Waals surface area contributed by atoms with E-state index < -0.39 is 6.36 Å². The number of nitrogens with two attached hydrogens (primary N) is 1. The Kier molecular flexibility index (Phi) is 6.79. The lowest BCUT2D eigenvalue weighted by Crippen LogP contribution is -2.16.